The molecule has 1 rings (SSSR count). The Morgan fingerprint density at radius 3 is 1.73 bits per heavy atom. The third-order valence-electron chi connectivity index (χ3n) is 3.57. The minimum atomic E-state index is -0.697. The van der Waals surface area contributed by atoms with Crippen molar-refractivity contribution in [3.05, 3.63) is 5.21 Å². The van der Waals surface area contributed by atoms with Crippen LogP contribution >= 0.6 is 0 Å². The van der Waals surface area contributed by atoms with Crippen LogP contribution in [0.15, 0.2) is 0 Å². The number of hydrogen-bond acceptors (Lipinski definition) is 2. The van der Waals surface area contributed by atoms with Gasteiger partial charge in [-0.15, -0.1) is 0 Å². The van der Waals surface area contributed by atoms with Crippen molar-refractivity contribution in [2.45, 2.75) is 59.5 Å². The third-order valence-corrected chi connectivity index (χ3v) is 3.57. The first kappa shape index (κ1) is 12.3. The van der Waals surface area contributed by atoms with Gasteiger partial charge in [0.05, 0.1) is 5.41 Å². The van der Waals surface area contributed by atoms with E-state index < -0.39 is 16.5 Å². The predicted molar refractivity (Wildman–Crippen MR) is 58.8 cm³/mol. The molecule has 87 valence electrons. The van der Waals surface area contributed by atoms with E-state index in [0.717, 1.165) is 9.80 Å². The Kier molecular flexibility index (Phi) is 2.36. The van der Waals surface area contributed by atoms with Gasteiger partial charge in [-0.05, 0) is 48.5 Å². The average molecular weight is 213 g/mol. The van der Waals surface area contributed by atoms with Crippen molar-refractivity contribution in [1.82, 2.24) is 5.06 Å². The smallest absolute Gasteiger partial charge is 0.290 e. The minimum absolute atomic E-state index is 0.317. The Labute approximate surface area is 91.7 Å². The summed E-state index contributed by atoms with van der Waals surface area (Å²) in [4.78, 5) is 0. The van der Waals surface area contributed by atoms with E-state index in [9.17, 15) is 10.4 Å². The summed E-state index contributed by atoms with van der Waals surface area (Å²) in [6.07, 6.45) is 0. The van der Waals surface area contributed by atoms with Crippen LogP contribution in [0.1, 0.15) is 48.5 Å². The maximum Gasteiger partial charge on any atom is 0.290 e. The summed E-state index contributed by atoms with van der Waals surface area (Å²) in [5, 5.41) is 25.2. The van der Waals surface area contributed by atoms with Gasteiger partial charge in [0.2, 0.25) is 0 Å². The van der Waals surface area contributed by atoms with Gasteiger partial charge in [0.1, 0.15) is 5.54 Å². The molecule has 0 spiro atoms. The van der Waals surface area contributed by atoms with Crippen LogP contribution in [0.4, 0.5) is 0 Å². The van der Waals surface area contributed by atoms with Crippen molar-refractivity contribution < 1.29 is 9.95 Å². The molecule has 4 nitrogen and oxygen atoms in total. The number of rotatable bonds is 0. The van der Waals surface area contributed by atoms with Gasteiger partial charge in [0, 0.05) is 5.21 Å². The van der Waals surface area contributed by atoms with E-state index in [-0.39, 0.29) is 0 Å². The van der Waals surface area contributed by atoms with Gasteiger partial charge in [-0.1, -0.05) is 5.06 Å². The molecule has 0 aromatic rings. The fourth-order valence-electron chi connectivity index (χ4n) is 1.72. The highest BCUT2D eigenvalue weighted by atomic mass is 16.5. The molecule has 1 aliphatic rings. The molecule has 4 heteroatoms. The lowest BCUT2D eigenvalue weighted by molar-refractivity contribution is -0.542. The zero-order chi connectivity index (χ0) is 12.2. The molecule has 0 saturated carbocycles. The average Bonchev–Trinajstić information content (AvgIpc) is 2.10. The quantitative estimate of drug-likeness (QED) is 0.457. The van der Waals surface area contributed by atoms with Crippen molar-refractivity contribution in [3.8, 4) is 0 Å². The monoisotopic (exact) mass is 213 g/mol. The van der Waals surface area contributed by atoms with Crippen LogP contribution in [0.25, 0.3) is 0 Å². The van der Waals surface area contributed by atoms with Gasteiger partial charge in [-0.3, -0.25) is 4.74 Å². The molecule has 1 radical (unpaired) electrons. The van der Waals surface area contributed by atoms with Crippen LogP contribution in [-0.4, -0.2) is 26.7 Å². The van der Waals surface area contributed by atoms with Crippen LogP contribution in [-0.2, 0) is 5.21 Å². The van der Waals surface area contributed by atoms with Gasteiger partial charge >= 0.3 is 0 Å². The lowest BCUT2D eigenvalue weighted by Gasteiger charge is -2.32. The fraction of sp³-hybridized carbons (Fsp3) is 0.909. The molecular weight excluding hydrogens is 192 g/mol. The van der Waals surface area contributed by atoms with Gasteiger partial charge in [0.15, 0.2) is 5.54 Å². The summed E-state index contributed by atoms with van der Waals surface area (Å²) in [6.45, 7) is 12.9. The van der Waals surface area contributed by atoms with E-state index in [2.05, 4.69) is 0 Å². The standard InChI is InChI=1S/C11H21N2O2/c1-9(2,3)8-12(14)10(4,5)11(6,7)13(8)15/h1-7H3. The SMILES string of the molecule is CC(C)(C)C1=[N+]([O-])C(C)(C)C(C)(C)N1[O]. The summed E-state index contributed by atoms with van der Waals surface area (Å²) in [6, 6.07) is 0. The van der Waals surface area contributed by atoms with Crippen molar-refractivity contribution in [2.75, 3.05) is 0 Å². The molecule has 0 fully saturated rings. The van der Waals surface area contributed by atoms with Crippen LogP contribution in [0.3, 0.4) is 0 Å². The summed E-state index contributed by atoms with van der Waals surface area (Å²) < 4.78 is 0.875. The van der Waals surface area contributed by atoms with Gasteiger partial charge < -0.3 is 5.21 Å². The van der Waals surface area contributed by atoms with Gasteiger partial charge in [-0.2, -0.15) is 0 Å². The predicted octanol–water partition coefficient (Wildman–Crippen LogP) is 2.16. The molecule has 0 aromatic heterocycles. The zero-order valence-corrected chi connectivity index (χ0v) is 10.7. The normalized spacial score (nSPS) is 24.9. The van der Waals surface area contributed by atoms with E-state index in [1.807, 2.05) is 48.5 Å². The first-order chi connectivity index (χ1) is 6.44. The Morgan fingerprint density at radius 1 is 1.20 bits per heavy atom. The van der Waals surface area contributed by atoms with Crippen molar-refractivity contribution in [1.29, 1.82) is 0 Å². The number of hydrogen-bond donors (Lipinski definition) is 0. The lowest BCUT2D eigenvalue weighted by atomic mass is 9.84. The van der Waals surface area contributed by atoms with Crippen molar-refractivity contribution >= 4 is 5.84 Å². The van der Waals surface area contributed by atoms with Crippen molar-refractivity contribution in [2.24, 2.45) is 5.41 Å². The van der Waals surface area contributed by atoms with Gasteiger partial charge in [0.25, 0.3) is 5.84 Å². The molecule has 0 N–H and O–H groups in total. The second-order valence-corrected chi connectivity index (χ2v) is 6.28. The Hall–Kier alpha value is -0.770. The van der Waals surface area contributed by atoms with E-state index in [1.54, 1.807) is 0 Å². The van der Waals surface area contributed by atoms with E-state index in [0.29, 0.717) is 5.84 Å². The summed E-state index contributed by atoms with van der Waals surface area (Å²) in [7, 11) is 0. The zero-order valence-electron chi connectivity index (χ0n) is 10.7. The molecule has 0 saturated heterocycles. The third kappa shape index (κ3) is 1.42. The Morgan fingerprint density at radius 2 is 1.60 bits per heavy atom. The van der Waals surface area contributed by atoms with Crippen LogP contribution in [0, 0.1) is 10.6 Å². The molecule has 0 amide bonds. The molecule has 1 aliphatic heterocycles. The summed E-state index contributed by atoms with van der Waals surface area (Å²) in [5.74, 6) is 0.317. The minimum Gasteiger partial charge on any atom is -0.715 e. The number of nitrogens with zero attached hydrogens (tertiary/aromatic N) is 2. The molecule has 15 heavy (non-hydrogen) atoms. The summed E-state index contributed by atoms with van der Waals surface area (Å²) >= 11 is 0. The molecule has 0 bridgehead atoms. The van der Waals surface area contributed by atoms with E-state index in [1.165, 1.54) is 0 Å². The van der Waals surface area contributed by atoms with E-state index >= 15 is 0 Å². The van der Waals surface area contributed by atoms with Crippen LogP contribution < -0.4 is 0 Å². The topological polar surface area (TPSA) is 49.2 Å². The fourth-order valence-corrected chi connectivity index (χ4v) is 1.72. The highest BCUT2D eigenvalue weighted by Gasteiger charge is 2.61. The molecule has 1 heterocycles. The van der Waals surface area contributed by atoms with Gasteiger partial charge in [-0.25, -0.2) is 0 Å². The second kappa shape index (κ2) is 2.88. The van der Waals surface area contributed by atoms with Crippen molar-refractivity contribution in [3.63, 3.8) is 0 Å². The Bertz CT molecular complexity index is 311. The Balaban J connectivity index is 3.37. The number of hydroxylamine groups is 3. The molecule has 0 aliphatic carbocycles. The number of amidine groups is 1. The highest BCUT2D eigenvalue weighted by molar-refractivity contribution is 5.84. The van der Waals surface area contributed by atoms with Crippen LogP contribution in [0.2, 0.25) is 0 Å². The molecule has 0 aromatic carbocycles. The second-order valence-electron chi connectivity index (χ2n) is 6.28. The maximum absolute atomic E-state index is 12.1. The summed E-state index contributed by atoms with van der Waals surface area (Å²) in [5.41, 5.74) is -1.82. The molecular formula is C11H21N2O2. The first-order valence-corrected chi connectivity index (χ1v) is 5.26. The largest absolute Gasteiger partial charge is 0.715 e. The molecule has 0 unspecified atom stereocenters. The highest BCUT2D eigenvalue weighted by Crippen LogP contribution is 2.39. The van der Waals surface area contributed by atoms with E-state index in [4.69, 9.17) is 0 Å². The lowest BCUT2D eigenvalue weighted by Crippen LogP contribution is -2.53. The van der Waals surface area contributed by atoms with Crippen LogP contribution in [0.5, 0.6) is 0 Å². The first-order valence-electron chi connectivity index (χ1n) is 5.26. The molecule has 0 atom stereocenters. The maximum atomic E-state index is 12.1.